The van der Waals surface area contributed by atoms with Crippen LogP contribution in [0.4, 0.5) is 10.1 Å². The molecule has 1 atom stereocenters. The molecule has 142 valence electrons. The number of carbonyl (C=O) groups excluding carboxylic acids is 2. The molecule has 6 nitrogen and oxygen atoms in total. The van der Waals surface area contributed by atoms with Crippen LogP contribution in [0.5, 0.6) is 0 Å². The highest BCUT2D eigenvalue weighted by molar-refractivity contribution is 6.00. The minimum Gasteiger partial charge on any atom is -0.369 e. The van der Waals surface area contributed by atoms with Crippen LogP contribution < -0.4 is 16.0 Å². The van der Waals surface area contributed by atoms with Gasteiger partial charge in [0.1, 0.15) is 5.82 Å². The number of aromatic nitrogens is 1. The number of nitrogens with zero attached hydrogens (tertiary/aromatic N) is 1. The monoisotopic (exact) mass is 370 g/mol. The van der Waals surface area contributed by atoms with E-state index in [2.05, 4.69) is 22.1 Å². The third-order valence-corrected chi connectivity index (χ3v) is 5.03. The zero-order chi connectivity index (χ0) is 19.7. The summed E-state index contributed by atoms with van der Waals surface area (Å²) in [5, 5.41) is 3.63. The van der Waals surface area contributed by atoms with Gasteiger partial charge in [-0.05, 0) is 50.3 Å². The number of halogens is 1. The van der Waals surface area contributed by atoms with Gasteiger partial charge >= 0.3 is 0 Å². The summed E-state index contributed by atoms with van der Waals surface area (Å²) in [5.74, 6) is 3.82. The zero-order valence-electron chi connectivity index (χ0n) is 15.7. The molecule has 1 aromatic carbocycles. The highest BCUT2D eigenvalue weighted by atomic mass is 19.1. The Kier molecular flexibility index (Phi) is 5.08. The number of benzene rings is 1. The summed E-state index contributed by atoms with van der Waals surface area (Å²) in [6.07, 6.45) is 0.686. The SMILES string of the molecule is CC#CC(=O)N[C@H]1CCN(c2c(F)cc(CC(N)=O)c3[nH]c(C)c(C)c23)C1. The van der Waals surface area contributed by atoms with Gasteiger partial charge in [-0.3, -0.25) is 9.59 Å². The molecule has 1 saturated heterocycles. The lowest BCUT2D eigenvalue weighted by atomic mass is 10.0. The summed E-state index contributed by atoms with van der Waals surface area (Å²) < 4.78 is 15.1. The van der Waals surface area contributed by atoms with E-state index >= 15 is 4.39 Å². The highest BCUT2D eigenvalue weighted by Crippen LogP contribution is 2.37. The van der Waals surface area contributed by atoms with Crippen molar-refractivity contribution >= 4 is 28.4 Å². The molecule has 27 heavy (non-hydrogen) atoms. The third kappa shape index (κ3) is 3.61. The molecule has 2 amide bonds. The maximum absolute atomic E-state index is 15.1. The van der Waals surface area contributed by atoms with Gasteiger partial charge in [-0.2, -0.15) is 0 Å². The van der Waals surface area contributed by atoms with E-state index in [9.17, 15) is 9.59 Å². The number of hydrogen-bond donors (Lipinski definition) is 3. The molecule has 1 aliphatic heterocycles. The normalized spacial score (nSPS) is 16.3. The van der Waals surface area contributed by atoms with Crippen molar-refractivity contribution in [3.05, 3.63) is 28.7 Å². The van der Waals surface area contributed by atoms with Crippen LogP contribution in [0.1, 0.15) is 30.2 Å². The Labute approximate surface area is 157 Å². The van der Waals surface area contributed by atoms with E-state index in [1.165, 1.54) is 6.07 Å². The fourth-order valence-electron chi connectivity index (χ4n) is 3.72. The lowest BCUT2D eigenvalue weighted by molar-refractivity contribution is -0.117. The number of amides is 2. The molecule has 2 heterocycles. The van der Waals surface area contributed by atoms with E-state index in [0.717, 1.165) is 22.2 Å². The Morgan fingerprint density at radius 3 is 2.85 bits per heavy atom. The molecule has 3 rings (SSSR count). The van der Waals surface area contributed by atoms with Crippen LogP contribution in [-0.4, -0.2) is 35.9 Å². The first kappa shape index (κ1) is 18.8. The molecule has 4 N–H and O–H groups in total. The number of nitrogens with two attached hydrogens (primary N) is 1. The van der Waals surface area contributed by atoms with Crippen molar-refractivity contribution in [1.82, 2.24) is 10.3 Å². The summed E-state index contributed by atoms with van der Waals surface area (Å²) in [7, 11) is 0. The summed E-state index contributed by atoms with van der Waals surface area (Å²) >= 11 is 0. The number of carbonyl (C=O) groups is 2. The number of aromatic amines is 1. The second kappa shape index (κ2) is 7.31. The lowest BCUT2D eigenvalue weighted by Crippen LogP contribution is -2.36. The number of anilines is 1. The van der Waals surface area contributed by atoms with Gasteiger partial charge in [-0.15, -0.1) is 0 Å². The number of primary amides is 1. The van der Waals surface area contributed by atoms with E-state index in [1.807, 2.05) is 18.7 Å². The van der Waals surface area contributed by atoms with Gasteiger partial charge in [0.25, 0.3) is 5.91 Å². The van der Waals surface area contributed by atoms with Crippen molar-refractivity contribution in [3.8, 4) is 11.8 Å². The van der Waals surface area contributed by atoms with Crippen LogP contribution in [0.25, 0.3) is 10.9 Å². The summed E-state index contributed by atoms with van der Waals surface area (Å²) in [5.41, 5.74) is 8.98. The van der Waals surface area contributed by atoms with Gasteiger partial charge < -0.3 is 20.9 Å². The lowest BCUT2D eigenvalue weighted by Gasteiger charge is -2.22. The minimum atomic E-state index is -0.505. The van der Waals surface area contributed by atoms with E-state index in [4.69, 9.17) is 5.73 Å². The van der Waals surface area contributed by atoms with Crippen LogP contribution in [0.3, 0.4) is 0 Å². The fraction of sp³-hybridized carbons (Fsp3) is 0.400. The topological polar surface area (TPSA) is 91.2 Å². The average molecular weight is 370 g/mol. The summed E-state index contributed by atoms with van der Waals surface area (Å²) in [6.45, 7) is 6.58. The Hall–Kier alpha value is -3.01. The molecule has 0 saturated carbocycles. The van der Waals surface area contributed by atoms with Gasteiger partial charge in [0.2, 0.25) is 5.91 Å². The minimum absolute atomic E-state index is 0.0263. The highest BCUT2D eigenvalue weighted by Gasteiger charge is 2.29. The standard InChI is InChI=1S/C20H23FN4O2/c1-4-5-17(27)24-14-6-7-25(10-14)20-15(21)8-13(9-16(22)26)19-18(20)11(2)12(3)23-19/h8,14,23H,6-7,9-10H2,1-3H3,(H2,22,26)(H,24,27)/t14-/m0/s1. The molecule has 0 bridgehead atoms. The molecule has 1 fully saturated rings. The van der Waals surface area contributed by atoms with Crippen LogP contribution >= 0.6 is 0 Å². The number of hydrogen-bond acceptors (Lipinski definition) is 3. The van der Waals surface area contributed by atoms with Crippen molar-refractivity contribution in [1.29, 1.82) is 0 Å². The van der Waals surface area contributed by atoms with E-state index < -0.39 is 5.91 Å². The maximum Gasteiger partial charge on any atom is 0.296 e. The molecule has 1 aromatic heterocycles. The van der Waals surface area contributed by atoms with Crippen LogP contribution in [-0.2, 0) is 16.0 Å². The fourth-order valence-corrected chi connectivity index (χ4v) is 3.72. The molecule has 7 heteroatoms. The molecular formula is C20H23FN4O2. The van der Waals surface area contributed by atoms with Crippen LogP contribution in [0.2, 0.25) is 0 Å². The van der Waals surface area contributed by atoms with Gasteiger partial charge in [0.05, 0.1) is 17.6 Å². The Bertz CT molecular complexity index is 983. The third-order valence-electron chi connectivity index (χ3n) is 5.03. The van der Waals surface area contributed by atoms with Crippen molar-refractivity contribution in [2.45, 2.75) is 39.7 Å². The molecule has 0 unspecified atom stereocenters. The van der Waals surface area contributed by atoms with Gasteiger partial charge in [0, 0.05) is 30.2 Å². The first-order valence-corrected chi connectivity index (χ1v) is 8.88. The van der Waals surface area contributed by atoms with Gasteiger partial charge in [0.15, 0.2) is 0 Å². The average Bonchev–Trinajstić information content (AvgIpc) is 3.14. The largest absolute Gasteiger partial charge is 0.369 e. The quantitative estimate of drug-likeness (QED) is 0.715. The van der Waals surface area contributed by atoms with Gasteiger partial charge in [-0.25, -0.2) is 4.39 Å². The van der Waals surface area contributed by atoms with Gasteiger partial charge in [-0.1, -0.05) is 5.92 Å². The second-order valence-electron chi connectivity index (χ2n) is 6.91. The van der Waals surface area contributed by atoms with Crippen molar-refractivity contribution in [2.24, 2.45) is 5.73 Å². The Morgan fingerprint density at radius 2 is 2.19 bits per heavy atom. The Morgan fingerprint density at radius 1 is 1.44 bits per heavy atom. The number of nitrogens with one attached hydrogen (secondary N) is 2. The maximum atomic E-state index is 15.1. The number of fused-ring (bicyclic) bond motifs is 1. The molecule has 2 aromatic rings. The molecule has 0 radical (unpaired) electrons. The molecular weight excluding hydrogens is 347 g/mol. The number of H-pyrrole nitrogens is 1. The van der Waals surface area contributed by atoms with Crippen LogP contribution in [0, 0.1) is 31.5 Å². The number of aryl methyl sites for hydroxylation is 2. The van der Waals surface area contributed by atoms with Crippen molar-refractivity contribution < 1.29 is 14.0 Å². The smallest absolute Gasteiger partial charge is 0.296 e. The molecule has 0 aliphatic carbocycles. The second-order valence-corrected chi connectivity index (χ2v) is 6.91. The van der Waals surface area contributed by atoms with E-state index in [-0.39, 0.29) is 24.2 Å². The molecule has 0 spiro atoms. The predicted molar refractivity (Wildman–Crippen MR) is 103 cm³/mol. The predicted octanol–water partition coefficient (Wildman–Crippen LogP) is 1.67. The zero-order valence-corrected chi connectivity index (χ0v) is 15.7. The first-order valence-electron chi connectivity index (χ1n) is 8.88. The Balaban J connectivity index is 2.00. The van der Waals surface area contributed by atoms with Crippen LogP contribution in [0.15, 0.2) is 6.07 Å². The first-order chi connectivity index (χ1) is 12.8. The van der Waals surface area contributed by atoms with Crippen molar-refractivity contribution in [2.75, 3.05) is 18.0 Å². The van der Waals surface area contributed by atoms with E-state index in [1.54, 1.807) is 6.92 Å². The van der Waals surface area contributed by atoms with E-state index in [0.29, 0.717) is 30.8 Å². The summed E-state index contributed by atoms with van der Waals surface area (Å²) in [6, 6.07) is 1.30. The van der Waals surface area contributed by atoms with Crippen molar-refractivity contribution in [3.63, 3.8) is 0 Å². The molecule has 1 aliphatic rings. The summed E-state index contributed by atoms with van der Waals surface area (Å²) in [4.78, 5) is 28.3. The number of rotatable bonds is 4.